The fourth-order valence-corrected chi connectivity index (χ4v) is 1.98. The molecule has 0 fully saturated rings. The van der Waals surface area contributed by atoms with Gasteiger partial charge in [0.05, 0.1) is 5.71 Å². The number of hydrogen-bond acceptors (Lipinski definition) is 3. The van der Waals surface area contributed by atoms with Crippen molar-refractivity contribution in [2.45, 2.75) is 38.8 Å². The minimum absolute atomic E-state index is 0.0575. The monoisotopic (exact) mass is 278 g/mol. The van der Waals surface area contributed by atoms with E-state index >= 15 is 0 Å². The molecule has 0 spiro atoms. The smallest absolute Gasteiger partial charge is 0.266 e. The van der Waals surface area contributed by atoms with E-state index in [0.717, 1.165) is 11.3 Å². The number of hydrogen-bond donors (Lipinski definition) is 0. The highest BCUT2D eigenvalue weighted by molar-refractivity contribution is 5.93. The number of carbonyl (C=O) groups excluding carboxylic acids is 1. The van der Waals surface area contributed by atoms with Gasteiger partial charge in [-0.1, -0.05) is 17.3 Å². The Hall–Kier alpha value is -1.91. The molecule has 0 N–H and O–H groups in total. The summed E-state index contributed by atoms with van der Waals surface area (Å²) in [6.45, 7) is 3.90. The van der Waals surface area contributed by atoms with Gasteiger partial charge < -0.3 is 9.74 Å². The predicted octanol–water partition coefficient (Wildman–Crippen LogP) is 2.38. The number of carbonyl (C=O) groups is 1. The minimum Gasteiger partial charge on any atom is -0.382 e. The Morgan fingerprint density at radius 2 is 2.10 bits per heavy atom. The Kier molecular flexibility index (Phi) is 4.37. The summed E-state index contributed by atoms with van der Waals surface area (Å²) >= 11 is 0. The summed E-state index contributed by atoms with van der Waals surface area (Å²) in [5, 5.41) is 3.97. The number of likely N-dealkylation sites (N-methyl/N-ethyl adjacent to an activating group) is 1. The normalized spacial score (nSPS) is 17.9. The molecule has 1 aliphatic rings. The van der Waals surface area contributed by atoms with Crippen LogP contribution in [0.25, 0.3) is 0 Å². The molecule has 20 heavy (non-hydrogen) atoms. The van der Waals surface area contributed by atoms with Crippen LogP contribution in [0.15, 0.2) is 29.4 Å². The predicted molar refractivity (Wildman–Crippen MR) is 74.9 cm³/mol. The summed E-state index contributed by atoms with van der Waals surface area (Å²) in [7, 11) is 1.76. The highest BCUT2D eigenvalue weighted by atomic mass is 19.1. The fraction of sp³-hybridized carbons (Fsp3) is 0.467. The van der Waals surface area contributed by atoms with E-state index < -0.39 is 6.10 Å². The molecule has 108 valence electrons. The second-order valence-electron chi connectivity index (χ2n) is 5.30. The quantitative estimate of drug-likeness (QED) is 0.848. The lowest BCUT2D eigenvalue weighted by atomic mass is 10.0. The first-order valence-corrected chi connectivity index (χ1v) is 6.70. The number of halogens is 1. The highest BCUT2D eigenvalue weighted by Crippen LogP contribution is 2.17. The number of amides is 1. The van der Waals surface area contributed by atoms with Crippen molar-refractivity contribution in [2.24, 2.45) is 5.16 Å². The Morgan fingerprint density at radius 1 is 1.45 bits per heavy atom. The van der Waals surface area contributed by atoms with Gasteiger partial charge in [0.25, 0.3) is 5.91 Å². The molecule has 1 atom stereocenters. The molecule has 0 saturated heterocycles. The maximum atomic E-state index is 12.8. The first kappa shape index (κ1) is 14.5. The minimum atomic E-state index is -0.530. The topological polar surface area (TPSA) is 41.9 Å². The van der Waals surface area contributed by atoms with E-state index in [-0.39, 0.29) is 17.8 Å². The Bertz CT molecular complexity index is 511. The Balaban J connectivity index is 1.92. The summed E-state index contributed by atoms with van der Waals surface area (Å²) in [5.41, 5.74) is 1.77. The molecule has 0 saturated carbocycles. The molecule has 0 aliphatic carbocycles. The van der Waals surface area contributed by atoms with E-state index in [4.69, 9.17) is 4.84 Å². The Morgan fingerprint density at radius 3 is 2.70 bits per heavy atom. The van der Waals surface area contributed by atoms with Crippen molar-refractivity contribution in [3.63, 3.8) is 0 Å². The molecular formula is C15H19FN2O2. The van der Waals surface area contributed by atoms with E-state index in [9.17, 15) is 9.18 Å². The molecule has 1 heterocycles. The number of rotatable bonds is 4. The van der Waals surface area contributed by atoms with Crippen LogP contribution in [0.3, 0.4) is 0 Å². The number of oxime groups is 1. The highest BCUT2D eigenvalue weighted by Gasteiger charge is 2.31. The van der Waals surface area contributed by atoms with Gasteiger partial charge in [0.2, 0.25) is 6.10 Å². The zero-order valence-corrected chi connectivity index (χ0v) is 12.0. The summed E-state index contributed by atoms with van der Waals surface area (Å²) in [5.74, 6) is -0.317. The van der Waals surface area contributed by atoms with Crippen molar-refractivity contribution in [1.29, 1.82) is 0 Å². The Labute approximate surface area is 118 Å². The second-order valence-corrected chi connectivity index (χ2v) is 5.30. The second kappa shape index (κ2) is 6.03. The lowest BCUT2D eigenvalue weighted by molar-refractivity contribution is -0.142. The lowest BCUT2D eigenvalue weighted by Gasteiger charge is -2.23. The molecule has 4 nitrogen and oxygen atoms in total. The van der Waals surface area contributed by atoms with Gasteiger partial charge in [-0.25, -0.2) is 4.39 Å². The summed E-state index contributed by atoms with van der Waals surface area (Å²) in [6.07, 6.45) is 0.542. The molecule has 1 aliphatic heterocycles. The van der Waals surface area contributed by atoms with Gasteiger partial charge in [-0.05, 0) is 31.5 Å². The van der Waals surface area contributed by atoms with Gasteiger partial charge in [-0.15, -0.1) is 0 Å². The summed E-state index contributed by atoms with van der Waals surface area (Å²) in [6, 6.07) is 6.40. The number of nitrogens with zero attached hydrogens (tertiary/aromatic N) is 2. The van der Waals surface area contributed by atoms with Crippen molar-refractivity contribution in [1.82, 2.24) is 4.90 Å². The van der Waals surface area contributed by atoms with Crippen LogP contribution in [-0.2, 0) is 16.1 Å². The molecule has 0 bridgehead atoms. The zero-order valence-electron chi connectivity index (χ0n) is 12.0. The molecule has 0 aromatic heterocycles. The van der Waals surface area contributed by atoms with E-state index in [1.165, 1.54) is 12.1 Å². The van der Waals surface area contributed by atoms with Crippen molar-refractivity contribution >= 4 is 11.6 Å². The van der Waals surface area contributed by atoms with E-state index in [1.54, 1.807) is 24.1 Å². The molecule has 0 radical (unpaired) electrons. The maximum absolute atomic E-state index is 12.8. The van der Waals surface area contributed by atoms with Gasteiger partial charge in [0.15, 0.2) is 0 Å². The largest absolute Gasteiger partial charge is 0.382 e. The van der Waals surface area contributed by atoms with Crippen molar-refractivity contribution < 1.29 is 14.0 Å². The lowest BCUT2D eigenvalue weighted by Crippen LogP contribution is -2.40. The van der Waals surface area contributed by atoms with Crippen LogP contribution in [0, 0.1) is 5.82 Å². The third-order valence-electron chi connectivity index (χ3n) is 3.45. The van der Waals surface area contributed by atoms with E-state index in [2.05, 4.69) is 5.16 Å². The third kappa shape index (κ3) is 3.35. The molecule has 1 aromatic carbocycles. The fourth-order valence-electron chi connectivity index (χ4n) is 1.98. The van der Waals surface area contributed by atoms with Gasteiger partial charge in [-0.2, -0.15) is 0 Å². The van der Waals surface area contributed by atoms with Gasteiger partial charge in [-0.3, -0.25) is 4.79 Å². The van der Waals surface area contributed by atoms with Crippen LogP contribution < -0.4 is 0 Å². The van der Waals surface area contributed by atoms with E-state index in [0.29, 0.717) is 12.8 Å². The molecule has 1 amide bonds. The van der Waals surface area contributed by atoms with Crippen LogP contribution in [0.1, 0.15) is 25.8 Å². The van der Waals surface area contributed by atoms with Crippen LogP contribution >= 0.6 is 0 Å². The van der Waals surface area contributed by atoms with Crippen molar-refractivity contribution in [2.75, 3.05) is 7.05 Å². The summed E-state index contributed by atoms with van der Waals surface area (Å²) < 4.78 is 12.8. The molecule has 5 heteroatoms. The maximum Gasteiger partial charge on any atom is 0.266 e. The standard InChI is InChI=1S/C15H19FN2O2/c1-10(2)18(3)15(19)14-9-13(17-20-14)8-11-4-6-12(16)7-5-11/h4-7,10,14H,8-9H2,1-3H3. The number of benzene rings is 1. The van der Waals surface area contributed by atoms with Gasteiger partial charge in [0.1, 0.15) is 5.82 Å². The molecule has 1 unspecified atom stereocenters. The zero-order chi connectivity index (χ0) is 14.7. The first-order chi connectivity index (χ1) is 9.47. The third-order valence-corrected chi connectivity index (χ3v) is 3.45. The SMILES string of the molecule is CC(C)N(C)C(=O)C1CC(Cc2ccc(F)cc2)=NO1. The van der Waals surface area contributed by atoms with Gasteiger partial charge >= 0.3 is 0 Å². The van der Waals surface area contributed by atoms with Crippen molar-refractivity contribution in [3.8, 4) is 0 Å². The van der Waals surface area contributed by atoms with Crippen LogP contribution in [0.2, 0.25) is 0 Å². The van der Waals surface area contributed by atoms with Crippen LogP contribution in [0.5, 0.6) is 0 Å². The molecule has 1 aromatic rings. The average Bonchev–Trinajstić information content (AvgIpc) is 2.88. The molecule has 2 rings (SSSR count). The van der Waals surface area contributed by atoms with Crippen LogP contribution in [-0.4, -0.2) is 35.7 Å². The summed E-state index contributed by atoms with van der Waals surface area (Å²) in [4.78, 5) is 19.0. The van der Waals surface area contributed by atoms with Crippen molar-refractivity contribution in [3.05, 3.63) is 35.6 Å². The van der Waals surface area contributed by atoms with Gasteiger partial charge in [0, 0.05) is 25.9 Å². The average molecular weight is 278 g/mol. The molecular weight excluding hydrogens is 259 g/mol. The van der Waals surface area contributed by atoms with Crippen LogP contribution in [0.4, 0.5) is 4.39 Å². The first-order valence-electron chi connectivity index (χ1n) is 6.70. The van der Waals surface area contributed by atoms with E-state index in [1.807, 2.05) is 13.8 Å².